The number of nitrogens with zero attached hydrogens (tertiary/aromatic N) is 1. The van der Waals surface area contributed by atoms with E-state index in [0.717, 1.165) is 0 Å². The molecule has 0 spiro atoms. The lowest BCUT2D eigenvalue weighted by atomic mass is 10.2. The summed E-state index contributed by atoms with van der Waals surface area (Å²) in [6, 6.07) is 3.23. The van der Waals surface area contributed by atoms with Crippen molar-refractivity contribution in [2.45, 2.75) is 25.5 Å². The first-order valence-corrected chi connectivity index (χ1v) is 5.66. The third-order valence-electron chi connectivity index (χ3n) is 3.13. The van der Waals surface area contributed by atoms with Crippen LogP contribution >= 0.6 is 0 Å². The van der Waals surface area contributed by atoms with E-state index in [0.29, 0.717) is 24.5 Å². The van der Waals surface area contributed by atoms with Gasteiger partial charge in [-0.15, -0.1) is 0 Å². The molecule has 1 fully saturated rings. The smallest absolute Gasteiger partial charge is 0.289 e. The Bertz CT molecular complexity index is 401. The first-order chi connectivity index (χ1) is 8.15. The summed E-state index contributed by atoms with van der Waals surface area (Å²) < 4.78 is 10.5. The van der Waals surface area contributed by atoms with E-state index in [2.05, 4.69) is 0 Å². The van der Waals surface area contributed by atoms with Gasteiger partial charge < -0.3 is 19.2 Å². The first-order valence-electron chi connectivity index (χ1n) is 5.66. The number of ether oxygens (including phenoxy) is 1. The molecule has 5 nitrogen and oxygen atoms in total. The largest absolute Gasteiger partial charge is 0.456 e. The van der Waals surface area contributed by atoms with Crippen molar-refractivity contribution < 1.29 is 19.1 Å². The molecule has 0 unspecified atom stereocenters. The van der Waals surface area contributed by atoms with Crippen molar-refractivity contribution in [3.63, 3.8) is 0 Å². The van der Waals surface area contributed by atoms with Gasteiger partial charge in [0.1, 0.15) is 5.76 Å². The summed E-state index contributed by atoms with van der Waals surface area (Å²) in [4.78, 5) is 13.8. The van der Waals surface area contributed by atoms with Gasteiger partial charge >= 0.3 is 0 Å². The number of likely N-dealkylation sites (tertiary alicyclic amines) is 1. The minimum absolute atomic E-state index is 0.00726. The van der Waals surface area contributed by atoms with Gasteiger partial charge in [0.2, 0.25) is 0 Å². The van der Waals surface area contributed by atoms with Crippen LogP contribution in [0.25, 0.3) is 0 Å². The van der Waals surface area contributed by atoms with Crippen molar-refractivity contribution in [2.24, 2.45) is 0 Å². The van der Waals surface area contributed by atoms with Gasteiger partial charge in [-0.25, -0.2) is 0 Å². The highest BCUT2D eigenvalue weighted by Crippen LogP contribution is 2.22. The number of carbonyl (C=O) groups excluding carboxylic acids is 1. The Morgan fingerprint density at radius 2 is 2.41 bits per heavy atom. The molecule has 1 amide bonds. The monoisotopic (exact) mass is 239 g/mol. The van der Waals surface area contributed by atoms with Gasteiger partial charge in [0.25, 0.3) is 5.91 Å². The Kier molecular flexibility index (Phi) is 3.49. The number of rotatable bonds is 3. The van der Waals surface area contributed by atoms with Crippen molar-refractivity contribution in [1.29, 1.82) is 0 Å². The maximum Gasteiger partial charge on any atom is 0.289 e. The second kappa shape index (κ2) is 4.89. The molecule has 0 radical (unpaired) electrons. The molecule has 1 saturated heterocycles. The lowest BCUT2D eigenvalue weighted by Crippen LogP contribution is -2.37. The van der Waals surface area contributed by atoms with Crippen LogP contribution in [0.4, 0.5) is 0 Å². The summed E-state index contributed by atoms with van der Waals surface area (Å²) in [6.07, 6.45) is 0.658. The molecule has 2 rings (SSSR count). The Hall–Kier alpha value is -1.33. The van der Waals surface area contributed by atoms with E-state index in [1.54, 1.807) is 31.1 Å². The van der Waals surface area contributed by atoms with E-state index in [4.69, 9.17) is 9.15 Å². The van der Waals surface area contributed by atoms with Crippen LogP contribution in [0.15, 0.2) is 16.5 Å². The molecule has 2 heterocycles. The van der Waals surface area contributed by atoms with Crippen LogP contribution in [0.2, 0.25) is 0 Å². The zero-order valence-electron chi connectivity index (χ0n) is 10.0. The molecule has 5 heteroatoms. The topological polar surface area (TPSA) is 62.9 Å². The van der Waals surface area contributed by atoms with Gasteiger partial charge in [-0.3, -0.25) is 4.79 Å². The normalized spacial score (nSPS) is 24.3. The summed E-state index contributed by atoms with van der Waals surface area (Å²) in [5, 5.41) is 9.27. The second-order valence-corrected chi connectivity index (χ2v) is 4.30. The average molecular weight is 239 g/mol. The Morgan fingerprint density at radius 3 is 2.94 bits per heavy atom. The maximum absolute atomic E-state index is 12.2. The van der Waals surface area contributed by atoms with Crippen LogP contribution in [-0.4, -0.2) is 48.3 Å². The summed E-state index contributed by atoms with van der Waals surface area (Å²) in [6.45, 7) is 2.24. The lowest BCUT2D eigenvalue weighted by Gasteiger charge is -2.21. The van der Waals surface area contributed by atoms with Crippen LogP contribution in [0.5, 0.6) is 0 Å². The number of hydrogen-bond acceptors (Lipinski definition) is 4. The molecule has 1 aliphatic rings. The number of carbonyl (C=O) groups is 1. The lowest BCUT2D eigenvalue weighted by molar-refractivity contribution is 0.0616. The highest BCUT2D eigenvalue weighted by atomic mass is 16.5. The van der Waals surface area contributed by atoms with E-state index in [9.17, 15) is 9.90 Å². The van der Waals surface area contributed by atoms with Gasteiger partial charge in [-0.05, 0) is 25.5 Å². The third kappa shape index (κ3) is 2.35. The molecule has 0 aromatic carbocycles. The zero-order valence-corrected chi connectivity index (χ0v) is 10.0. The maximum atomic E-state index is 12.2. The van der Waals surface area contributed by atoms with Crippen molar-refractivity contribution in [3.05, 3.63) is 23.7 Å². The summed E-state index contributed by atoms with van der Waals surface area (Å²) in [5.41, 5.74) is 0. The minimum Gasteiger partial charge on any atom is -0.456 e. The molecular weight excluding hydrogens is 222 g/mol. The predicted octanol–water partition coefficient (Wildman–Crippen LogP) is 0.810. The van der Waals surface area contributed by atoms with Crippen LogP contribution in [-0.2, 0) is 4.74 Å². The molecule has 0 bridgehead atoms. The van der Waals surface area contributed by atoms with E-state index >= 15 is 0 Å². The fourth-order valence-electron chi connectivity index (χ4n) is 2.16. The van der Waals surface area contributed by atoms with Gasteiger partial charge in [-0.1, -0.05) is 0 Å². The van der Waals surface area contributed by atoms with Crippen LogP contribution < -0.4 is 0 Å². The van der Waals surface area contributed by atoms with Crippen molar-refractivity contribution >= 4 is 5.91 Å². The molecule has 17 heavy (non-hydrogen) atoms. The first kappa shape index (κ1) is 12.1. The summed E-state index contributed by atoms with van der Waals surface area (Å²) >= 11 is 0. The zero-order chi connectivity index (χ0) is 12.4. The molecule has 1 aliphatic heterocycles. The number of furan rings is 1. The van der Waals surface area contributed by atoms with Gasteiger partial charge in [-0.2, -0.15) is 0 Å². The molecule has 2 atom stereocenters. The number of aryl methyl sites for hydroxylation is 1. The molecule has 94 valence electrons. The van der Waals surface area contributed by atoms with Crippen LogP contribution in [0.3, 0.4) is 0 Å². The van der Waals surface area contributed by atoms with Crippen molar-refractivity contribution in [1.82, 2.24) is 4.90 Å². The molecule has 0 aliphatic carbocycles. The molecule has 1 aromatic rings. The second-order valence-electron chi connectivity index (χ2n) is 4.30. The van der Waals surface area contributed by atoms with E-state index in [1.165, 1.54) is 0 Å². The summed E-state index contributed by atoms with van der Waals surface area (Å²) in [7, 11) is 1.62. The SMILES string of the molecule is CO[C@H]1C[C@@H](CO)N(C(=O)c2ccc(C)o2)C1. The fraction of sp³-hybridized carbons (Fsp3) is 0.583. The third-order valence-corrected chi connectivity index (χ3v) is 3.13. The van der Waals surface area contributed by atoms with Crippen molar-refractivity contribution in [2.75, 3.05) is 20.3 Å². The van der Waals surface area contributed by atoms with E-state index < -0.39 is 0 Å². The Labute approximate surface area is 100.0 Å². The molecule has 1 N–H and O–H groups in total. The van der Waals surface area contributed by atoms with Crippen molar-refractivity contribution in [3.8, 4) is 0 Å². The average Bonchev–Trinajstić information content (AvgIpc) is 2.93. The van der Waals surface area contributed by atoms with Crippen LogP contribution in [0, 0.1) is 6.92 Å². The molecular formula is C12H17NO4. The van der Waals surface area contributed by atoms with Crippen LogP contribution in [0.1, 0.15) is 22.7 Å². The number of amides is 1. The standard InChI is InChI=1S/C12H17NO4/c1-8-3-4-11(17-8)12(15)13-6-10(16-2)5-9(13)7-14/h3-4,9-10,14H,5-7H2,1-2H3/t9-,10-/m0/s1. The van der Waals surface area contributed by atoms with Gasteiger partial charge in [0, 0.05) is 13.7 Å². The van der Waals surface area contributed by atoms with E-state index in [1.807, 2.05) is 0 Å². The highest BCUT2D eigenvalue weighted by Gasteiger charge is 2.36. The quantitative estimate of drug-likeness (QED) is 0.847. The highest BCUT2D eigenvalue weighted by molar-refractivity contribution is 5.92. The van der Waals surface area contributed by atoms with Gasteiger partial charge in [0.15, 0.2) is 5.76 Å². The van der Waals surface area contributed by atoms with E-state index in [-0.39, 0.29) is 24.7 Å². The Morgan fingerprint density at radius 1 is 1.65 bits per heavy atom. The Balaban J connectivity index is 2.13. The number of aliphatic hydroxyl groups is 1. The molecule has 0 saturated carbocycles. The number of hydrogen-bond donors (Lipinski definition) is 1. The van der Waals surface area contributed by atoms with Gasteiger partial charge in [0.05, 0.1) is 18.8 Å². The minimum atomic E-state index is -0.184. The molecule has 1 aromatic heterocycles. The predicted molar refractivity (Wildman–Crippen MR) is 60.8 cm³/mol. The number of aliphatic hydroxyl groups excluding tert-OH is 1. The number of methoxy groups -OCH3 is 1. The fourth-order valence-corrected chi connectivity index (χ4v) is 2.16. The summed E-state index contributed by atoms with van der Waals surface area (Å²) in [5.74, 6) is 0.839.